The second-order valence-electron chi connectivity index (χ2n) is 7.12. The van der Waals surface area contributed by atoms with Gasteiger partial charge in [-0.2, -0.15) is 5.10 Å². The van der Waals surface area contributed by atoms with Crippen LogP contribution < -0.4 is 5.73 Å². The first kappa shape index (κ1) is 17.5. The van der Waals surface area contributed by atoms with Gasteiger partial charge in [0.15, 0.2) is 0 Å². The number of likely N-dealkylation sites (tertiary alicyclic amines) is 1. The van der Waals surface area contributed by atoms with Crippen LogP contribution >= 0.6 is 0 Å². The number of benzene rings is 2. The molecule has 2 heterocycles. The lowest BCUT2D eigenvalue weighted by Crippen LogP contribution is -2.31. The highest BCUT2D eigenvalue weighted by Gasteiger charge is 2.35. The average Bonchev–Trinajstić information content (AvgIpc) is 3.36. The summed E-state index contributed by atoms with van der Waals surface area (Å²) in [7, 11) is 0. The normalized spacial score (nSPS) is 19.4. The Morgan fingerprint density at radius 2 is 1.74 bits per heavy atom. The molecule has 1 saturated heterocycles. The summed E-state index contributed by atoms with van der Waals surface area (Å²) in [6.45, 7) is 2.05. The molecule has 0 bridgehead atoms. The number of carbonyl (C=O) groups excluding carboxylic acids is 1. The fourth-order valence-corrected chi connectivity index (χ4v) is 3.85. The molecule has 5 nitrogen and oxygen atoms in total. The molecular formula is C22H24N4O. The van der Waals surface area contributed by atoms with E-state index in [-0.39, 0.29) is 5.91 Å². The number of carbonyl (C=O) groups is 1. The first-order chi connectivity index (χ1) is 13.2. The Labute approximate surface area is 159 Å². The number of hydrogen-bond acceptors (Lipinski definition) is 3. The van der Waals surface area contributed by atoms with E-state index in [9.17, 15) is 4.79 Å². The fraction of sp³-hybridized carbons (Fsp3) is 0.273. The molecule has 0 aliphatic carbocycles. The maximum absolute atomic E-state index is 12.8. The third kappa shape index (κ3) is 3.78. The van der Waals surface area contributed by atoms with E-state index in [1.54, 1.807) is 6.20 Å². The topological polar surface area (TPSA) is 64.2 Å². The maximum Gasteiger partial charge on any atom is 0.227 e. The van der Waals surface area contributed by atoms with Crippen molar-refractivity contribution in [3.63, 3.8) is 0 Å². The zero-order valence-electron chi connectivity index (χ0n) is 15.2. The Morgan fingerprint density at radius 1 is 1.04 bits per heavy atom. The number of aromatic nitrogens is 2. The van der Waals surface area contributed by atoms with Gasteiger partial charge in [0.1, 0.15) is 0 Å². The molecule has 0 saturated carbocycles. The smallest absolute Gasteiger partial charge is 0.227 e. The molecular weight excluding hydrogens is 336 g/mol. The Kier molecular flexibility index (Phi) is 5.03. The second kappa shape index (κ2) is 7.76. The molecule has 1 aliphatic rings. The lowest BCUT2D eigenvalue weighted by Gasteiger charge is -2.16. The van der Waals surface area contributed by atoms with Crippen molar-refractivity contribution in [3.8, 4) is 5.69 Å². The molecule has 2 aromatic carbocycles. The SMILES string of the molecule is NC[C@@H]1CN(C(=O)Cc2cnn(-c3ccccc3)c2)C[C@H]1c1ccccc1. The van der Waals surface area contributed by atoms with E-state index < -0.39 is 0 Å². The quantitative estimate of drug-likeness (QED) is 0.761. The summed E-state index contributed by atoms with van der Waals surface area (Å²) in [5, 5.41) is 4.39. The Balaban J connectivity index is 1.44. The van der Waals surface area contributed by atoms with E-state index in [1.165, 1.54) is 5.56 Å². The molecule has 0 unspecified atom stereocenters. The minimum Gasteiger partial charge on any atom is -0.341 e. The molecule has 4 rings (SSSR count). The van der Waals surface area contributed by atoms with Crippen molar-refractivity contribution < 1.29 is 4.79 Å². The first-order valence-electron chi connectivity index (χ1n) is 9.36. The van der Waals surface area contributed by atoms with Gasteiger partial charge in [0.2, 0.25) is 5.91 Å². The van der Waals surface area contributed by atoms with E-state index in [2.05, 4.69) is 17.2 Å². The van der Waals surface area contributed by atoms with Gasteiger partial charge in [0.25, 0.3) is 0 Å². The summed E-state index contributed by atoms with van der Waals surface area (Å²) < 4.78 is 1.81. The molecule has 1 amide bonds. The highest BCUT2D eigenvalue weighted by molar-refractivity contribution is 5.79. The third-order valence-corrected chi connectivity index (χ3v) is 5.34. The third-order valence-electron chi connectivity index (χ3n) is 5.34. The van der Waals surface area contributed by atoms with E-state index in [1.807, 2.05) is 64.3 Å². The maximum atomic E-state index is 12.8. The van der Waals surface area contributed by atoms with Crippen LogP contribution in [0.2, 0.25) is 0 Å². The number of amides is 1. The molecule has 1 aliphatic heterocycles. The Bertz CT molecular complexity index is 891. The van der Waals surface area contributed by atoms with Crippen molar-refractivity contribution in [2.45, 2.75) is 12.3 Å². The Hall–Kier alpha value is -2.92. The molecule has 138 valence electrons. The standard InChI is InChI=1S/C22H24N4O/c23-12-19-15-25(16-21(19)18-7-3-1-4-8-18)22(27)11-17-13-24-26(14-17)20-9-5-2-6-10-20/h1-10,13-14,19,21H,11-12,15-16,23H2/t19-,21+/m1/s1. The summed E-state index contributed by atoms with van der Waals surface area (Å²) in [4.78, 5) is 14.8. The van der Waals surface area contributed by atoms with Crippen molar-refractivity contribution >= 4 is 5.91 Å². The van der Waals surface area contributed by atoms with Crippen LogP contribution in [0.4, 0.5) is 0 Å². The van der Waals surface area contributed by atoms with Crippen LogP contribution in [0.15, 0.2) is 73.1 Å². The lowest BCUT2D eigenvalue weighted by molar-refractivity contribution is -0.129. The minimum absolute atomic E-state index is 0.138. The van der Waals surface area contributed by atoms with E-state index in [0.717, 1.165) is 24.3 Å². The molecule has 5 heteroatoms. The Morgan fingerprint density at radius 3 is 2.44 bits per heavy atom. The first-order valence-corrected chi connectivity index (χ1v) is 9.36. The van der Waals surface area contributed by atoms with Gasteiger partial charge in [-0.05, 0) is 35.7 Å². The summed E-state index contributed by atoms with van der Waals surface area (Å²) in [6.07, 6.45) is 4.07. The van der Waals surface area contributed by atoms with Crippen LogP contribution in [0, 0.1) is 5.92 Å². The van der Waals surface area contributed by atoms with Crippen molar-refractivity contribution in [3.05, 3.63) is 84.2 Å². The summed E-state index contributed by atoms with van der Waals surface area (Å²) >= 11 is 0. The van der Waals surface area contributed by atoms with Gasteiger partial charge in [-0.3, -0.25) is 4.79 Å². The summed E-state index contributed by atoms with van der Waals surface area (Å²) in [5.74, 6) is 0.759. The number of rotatable bonds is 5. The number of para-hydroxylation sites is 1. The molecule has 2 N–H and O–H groups in total. The molecule has 0 spiro atoms. The molecule has 1 aromatic heterocycles. The highest BCUT2D eigenvalue weighted by atomic mass is 16.2. The van der Waals surface area contributed by atoms with Gasteiger partial charge in [-0.15, -0.1) is 0 Å². The van der Waals surface area contributed by atoms with Crippen LogP contribution in [-0.2, 0) is 11.2 Å². The van der Waals surface area contributed by atoms with E-state index in [4.69, 9.17) is 5.73 Å². The fourth-order valence-electron chi connectivity index (χ4n) is 3.85. The van der Waals surface area contributed by atoms with Gasteiger partial charge in [0.05, 0.1) is 18.3 Å². The largest absolute Gasteiger partial charge is 0.341 e. The predicted octanol–water partition coefficient (Wildman–Crippen LogP) is 2.62. The van der Waals surface area contributed by atoms with Crippen molar-refractivity contribution in [1.82, 2.24) is 14.7 Å². The molecule has 0 radical (unpaired) electrons. The average molecular weight is 360 g/mol. The highest BCUT2D eigenvalue weighted by Crippen LogP contribution is 2.32. The number of nitrogens with zero attached hydrogens (tertiary/aromatic N) is 3. The lowest BCUT2D eigenvalue weighted by atomic mass is 9.89. The summed E-state index contributed by atoms with van der Waals surface area (Å²) in [5.41, 5.74) is 9.17. The molecule has 2 atom stereocenters. The zero-order chi connectivity index (χ0) is 18.6. The minimum atomic E-state index is 0.138. The molecule has 3 aromatic rings. The van der Waals surface area contributed by atoms with Crippen LogP contribution in [0.5, 0.6) is 0 Å². The monoisotopic (exact) mass is 360 g/mol. The van der Waals surface area contributed by atoms with Gasteiger partial charge in [-0.25, -0.2) is 4.68 Å². The van der Waals surface area contributed by atoms with Gasteiger partial charge < -0.3 is 10.6 Å². The van der Waals surface area contributed by atoms with Gasteiger partial charge in [-0.1, -0.05) is 48.5 Å². The zero-order valence-corrected chi connectivity index (χ0v) is 15.2. The van der Waals surface area contributed by atoms with Crippen molar-refractivity contribution in [2.24, 2.45) is 11.7 Å². The van der Waals surface area contributed by atoms with Gasteiger partial charge >= 0.3 is 0 Å². The van der Waals surface area contributed by atoms with Crippen molar-refractivity contribution in [2.75, 3.05) is 19.6 Å². The molecule has 1 fully saturated rings. The van der Waals surface area contributed by atoms with E-state index in [0.29, 0.717) is 24.8 Å². The summed E-state index contributed by atoms with van der Waals surface area (Å²) in [6, 6.07) is 20.3. The van der Waals surface area contributed by atoms with Crippen LogP contribution in [0.3, 0.4) is 0 Å². The number of hydrogen-bond donors (Lipinski definition) is 1. The van der Waals surface area contributed by atoms with Gasteiger partial charge in [0, 0.05) is 25.2 Å². The van der Waals surface area contributed by atoms with Crippen LogP contribution in [0.25, 0.3) is 5.69 Å². The van der Waals surface area contributed by atoms with Crippen LogP contribution in [-0.4, -0.2) is 40.2 Å². The second-order valence-corrected chi connectivity index (χ2v) is 7.12. The number of nitrogens with two attached hydrogens (primary N) is 1. The van der Waals surface area contributed by atoms with Crippen molar-refractivity contribution in [1.29, 1.82) is 0 Å². The molecule has 27 heavy (non-hydrogen) atoms. The van der Waals surface area contributed by atoms with E-state index >= 15 is 0 Å². The van der Waals surface area contributed by atoms with Crippen LogP contribution in [0.1, 0.15) is 17.0 Å². The predicted molar refractivity (Wildman–Crippen MR) is 106 cm³/mol.